The zero-order valence-corrected chi connectivity index (χ0v) is 24.6. The second-order valence-electron chi connectivity index (χ2n) is 8.43. The van der Waals surface area contributed by atoms with E-state index in [0.29, 0.717) is 21.5 Å². The van der Waals surface area contributed by atoms with E-state index in [1.165, 1.54) is 0 Å². The van der Waals surface area contributed by atoms with Gasteiger partial charge in [0.05, 0.1) is 22.1 Å². The molecule has 0 saturated heterocycles. The lowest BCUT2D eigenvalue weighted by Gasteiger charge is -2.17. The van der Waals surface area contributed by atoms with Crippen LogP contribution in [-0.2, 0) is 0 Å². The van der Waals surface area contributed by atoms with Gasteiger partial charge in [0.2, 0.25) is 0 Å². The Hall–Kier alpha value is -4.44. The molecule has 40 heavy (non-hydrogen) atoms. The van der Waals surface area contributed by atoms with Gasteiger partial charge >= 0.3 is 0 Å². The second-order valence-corrected chi connectivity index (χ2v) is 8.43. The van der Waals surface area contributed by atoms with Crippen molar-refractivity contribution in [2.75, 3.05) is 0 Å². The standard InChI is InChI=1S/C28H12N2O2.4C2H6/c31-27-15-7-3-1-5-13(15)25-21-17(27)9-12-20-23(21)24-19(29-25)11-10-18-22(24)26(30-20)14-6-2-4-8-16(14)28(18)32;4*1-2/h1-12H;4*1-2H3. The first kappa shape index (κ1) is 28.6. The number of hydrogen-bond acceptors (Lipinski definition) is 4. The Labute approximate surface area is 234 Å². The van der Waals surface area contributed by atoms with Crippen molar-refractivity contribution >= 4 is 75.9 Å². The minimum Gasteiger partial charge on any atom is -0.289 e. The average molecular weight is 529 g/mol. The number of nitrogens with zero attached hydrogens (tertiary/aromatic N) is 2. The van der Waals surface area contributed by atoms with E-state index < -0.39 is 0 Å². The van der Waals surface area contributed by atoms with Crippen molar-refractivity contribution in [3.63, 3.8) is 0 Å². The molecule has 202 valence electrons. The lowest BCUT2D eigenvalue weighted by molar-refractivity contribution is 1.49. The average Bonchev–Trinajstić information content (AvgIpc) is 3.05. The number of fused-ring (bicyclic) bond motifs is 4. The fourth-order valence-corrected chi connectivity index (χ4v) is 5.55. The Balaban J connectivity index is 0.000000428. The maximum atomic E-state index is 13.3. The van der Waals surface area contributed by atoms with Gasteiger partial charge in [-0.15, -0.1) is 0 Å². The molecule has 0 fully saturated rings. The van der Waals surface area contributed by atoms with Crippen LogP contribution in [0.1, 0.15) is 55.4 Å². The van der Waals surface area contributed by atoms with Gasteiger partial charge in [0, 0.05) is 53.9 Å². The molecular formula is C36H36N2O2. The third-order valence-electron chi connectivity index (χ3n) is 6.90. The van der Waals surface area contributed by atoms with Crippen LogP contribution < -0.4 is 10.9 Å². The van der Waals surface area contributed by atoms with E-state index in [1.54, 1.807) is 0 Å². The number of rotatable bonds is 0. The molecule has 0 aliphatic heterocycles. The van der Waals surface area contributed by atoms with Crippen LogP contribution in [0.15, 0.2) is 82.4 Å². The quantitative estimate of drug-likeness (QED) is 0.145. The molecule has 0 amide bonds. The molecule has 0 N–H and O–H groups in total. The van der Waals surface area contributed by atoms with Crippen molar-refractivity contribution in [3.8, 4) is 0 Å². The van der Waals surface area contributed by atoms with Crippen molar-refractivity contribution in [2.45, 2.75) is 55.4 Å². The molecule has 8 aromatic rings. The molecule has 4 heteroatoms. The Morgan fingerprint density at radius 2 is 0.700 bits per heavy atom. The summed E-state index contributed by atoms with van der Waals surface area (Å²) in [5.74, 6) is 0. The molecule has 0 aliphatic rings. The van der Waals surface area contributed by atoms with Crippen LogP contribution in [-0.4, -0.2) is 9.97 Å². The molecule has 0 saturated carbocycles. The Morgan fingerprint density at radius 3 is 1.05 bits per heavy atom. The van der Waals surface area contributed by atoms with Gasteiger partial charge in [0.25, 0.3) is 0 Å². The van der Waals surface area contributed by atoms with Crippen LogP contribution in [0.3, 0.4) is 0 Å². The first-order valence-corrected chi connectivity index (χ1v) is 14.5. The fourth-order valence-electron chi connectivity index (χ4n) is 5.55. The zero-order chi connectivity index (χ0) is 29.1. The Bertz CT molecular complexity index is 2030. The Kier molecular flexibility index (Phi) is 8.39. The monoisotopic (exact) mass is 528 g/mol. The SMILES string of the molecule is CC.CC.CC.CC.O=c1c2ccccc2c2nc3ccc4c(=O)c5ccccc5c5nc6ccc1c2c6c3c45. The van der Waals surface area contributed by atoms with Gasteiger partial charge in [-0.2, -0.15) is 0 Å². The van der Waals surface area contributed by atoms with Crippen molar-refractivity contribution in [2.24, 2.45) is 0 Å². The van der Waals surface area contributed by atoms with E-state index in [1.807, 2.05) is 128 Å². The Morgan fingerprint density at radius 1 is 0.375 bits per heavy atom. The summed E-state index contributed by atoms with van der Waals surface area (Å²) >= 11 is 0. The van der Waals surface area contributed by atoms with E-state index in [2.05, 4.69) is 0 Å². The first-order valence-electron chi connectivity index (χ1n) is 14.5. The molecule has 6 aromatic carbocycles. The second kappa shape index (κ2) is 11.7. The smallest absolute Gasteiger partial charge is 0.194 e. The third kappa shape index (κ3) is 3.90. The predicted molar refractivity (Wildman–Crippen MR) is 176 cm³/mol. The number of aromatic nitrogens is 2. The third-order valence-corrected chi connectivity index (χ3v) is 6.90. The van der Waals surface area contributed by atoms with Crippen molar-refractivity contribution in [3.05, 3.63) is 93.2 Å². The summed E-state index contributed by atoms with van der Waals surface area (Å²) in [6.45, 7) is 16.0. The fraction of sp³-hybridized carbons (Fsp3) is 0.222. The van der Waals surface area contributed by atoms with Gasteiger partial charge in [-0.1, -0.05) is 104 Å². The molecule has 0 bridgehead atoms. The van der Waals surface area contributed by atoms with Crippen LogP contribution >= 0.6 is 0 Å². The summed E-state index contributed by atoms with van der Waals surface area (Å²) in [6, 6.07) is 22.8. The van der Waals surface area contributed by atoms with Gasteiger partial charge in [-0.25, -0.2) is 9.97 Å². The maximum absolute atomic E-state index is 13.3. The summed E-state index contributed by atoms with van der Waals surface area (Å²) in [6.07, 6.45) is 0. The number of pyridine rings is 2. The minimum atomic E-state index is 0.00166. The van der Waals surface area contributed by atoms with Crippen LogP contribution in [0.2, 0.25) is 0 Å². The summed E-state index contributed by atoms with van der Waals surface area (Å²) in [5.41, 5.74) is 3.24. The molecule has 0 unspecified atom stereocenters. The van der Waals surface area contributed by atoms with Crippen molar-refractivity contribution < 1.29 is 0 Å². The summed E-state index contributed by atoms with van der Waals surface area (Å²) in [4.78, 5) is 36.8. The maximum Gasteiger partial charge on any atom is 0.194 e. The van der Waals surface area contributed by atoms with E-state index >= 15 is 0 Å². The van der Waals surface area contributed by atoms with Gasteiger partial charge in [0.15, 0.2) is 10.9 Å². The molecule has 0 atom stereocenters. The number of benzene rings is 6. The lowest BCUT2D eigenvalue weighted by atomic mass is 9.90. The van der Waals surface area contributed by atoms with Crippen LogP contribution in [0.25, 0.3) is 75.9 Å². The highest BCUT2D eigenvalue weighted by Crippen LogP contribution is 2.42. The predicted octanol–water partition coefficient (Wildman–Crippen LogP) is 9.69. The van der Waals surface area contributed by atoms with Gasteiger partial charge in [-0.3, -0.25) is 9.59 Å². The van der Waals surface area contributed by atoms with Crippen LogP contribution in [0.4, 0.5) is 0 Å². The lowest BCUT2D eigenvalue weighted by Crippen LogP contribution is -2.07. The van der Waals surface area contributed by atoms with E-state index in [-0.39, 0.29) is 10.9 Å². The van der Waals surface area contributed by atoms with E-state index in [4.69, 9.17) is 9.97 Å². The van der Waals surface area contributed by atoms with E-state index in [9.17, 15) is 9.59 Å². The van der Waals surface area contributed by atoms with E-state index in [0.717, 1.165) is 54.4 Å². The zero-order valence-electron chi connectivity index (χ0n) is 24.6. The summed E-state index contributed by atoms with van der Waals surface area (Å²) < 4.78 is 0. The van der Waals surface area contributed by atoms with Crippen LogP contribution in [0, 0.1) is 0 Å². The first-order chi connectivity index (χ1) is 19.7. The molecule has 4 nitrogen and oxygen atoms in total. The molecule has 0 spiro atoms. The topological polar surface area (TPSA) is 59.9 Å². The molecule has 2 aromatic heterocycles. The highest BCUT2D eigenvalue weighted by atomic mass is 16.1. The summed E-state index contributed by atoms with van der Waals surface area (Å²) in [7, 11) is 0. The van der Waals surface area contributed by atoms with Gasteiger partial charge in [-0.05, 0) is 24.3 Å². The van der Waals surface area contributed by atoms with Crippen LogP contribution in [0.5, 0.6) is 0 Å². The van der Waals surface area contributed by atoms with Gasteiger partial charge < -0.3 is 0 Å². The molecule has 0 aliphatic carbocycles. The molecule has 2 heterocycles. The van der Waals surface area contributed by atoms with Gasteiger partial charge in [0.1, 0.15) is 0 Å². The minimum absolute atomic E-state index is 0.00166. The highest BCUT2D eigenvalue weighted by molar-refractivity contribution is 6.37. The molecular weight excluding hydrogens is 492 g/mol. The molecule has 0 radical (unpaired) electrons. The largest absolute Gasteiger partial charge is 0.289 e. The summed E-state index contributed by atoms with van der Waals surface area (Å²) in [5, 5.41) is 7.82. The normalized spacial score (nSPS) is 10.7. The van der Waals surface area contributed by atoms with Crippen molar-refractivity contribution in [1.29, 1.82) is 0 Å². The molecule has 8 rings (SSSR count). The number of hydrogen-bond donors (Lipinski definition) is 0. The highest BCUT2D eigenvalue weighted by Gasteiger charge is 2.22. The van der Waals surface area contributed by atoms with Crippen molar-refractivity contribution in [1.82, 2.24) is 9.97 Å².